The Morgan fingerprint density at radius 3 is 2.62 bits per heavy atom. The van der Waals surface area contributed by atoms with Gasteiger partial charge in [-0.05, 0) is 32.8 Å². The average Bonchev–Trinajstić information content (AvgIpc) is 2.49. The number of amides is 1. The molecule has 0 bridgehead atoms. The van der Waals surface area contributed by atoms with Gasteiger partial charge in [0.05, 0.1) is 18.0 Å². The third-order valence-electron chi connectivity index (χ3n) is 3.66. The van der Waals surface area contributed by atoms with Gasteiger partial charge < -0.3 is 14.8 Å². The number of carbonyl (C=O) groups is 1. The molecule has 1 amide bonds. The number of anilines is 1. The zero-order valence-corrected chi connectivity index (χ0v) is 13.7. The highest BCUT2D eigenvalue weighted by Crippen LogP contribution is 2.21. The van der Waals surface area contributed by atoms with E-state index in [9.17, 15) is 4.79 Å². The number of hydrogen-bond donors (Lipinski definition) is 1. The van der Waals surface area contributed by atoms with Crippen molar-refractivity contribution in [1.82, 2.24) is 4.98 Å². The van der Waals surface area contributed by atoms with Gasteiger partial charge in [-0.2, -0.15) is 0 Å². The zero-order valence-electron chi connectivity index (χ0n) is 13.7. The molecule has 1 heterocycles. The molecule has 0 saturated carbocycles. The maximum absolute atomic E-state index is 12.2. The van der Waals surface area contributed by atoms with Gasteiger partial charge in [0, 0.05) is 13.2 Å². The molecule has 5 heteroatoms. The summed E-state index contributed by atoms with van der Waals surface area (Å²) in [5, 5.41) is 2.87. The van der Waals surface area contributed by atoms with E-state index in [1.807, 2.05) is 19.9 Å². The highest BCUT2D eigenvalue weighted by molar-refractivity contribution is 5.97. The Morgan fingerprint density at radius 1 is 1.38 bits per heavy atom. The van der Waals surface area contributed by atoms with Gasteiger partial charge >= 0.3 is 0 Å². The smallest absolute Gasteiger partial charge is 0.256 e. The minimum atomic E-state index is -0.831. The van der Waals surface area contributed by atoms with Gasteiger partial charge in [-0.25, -0.2) is 4.98 Å². The van der Waals surface area contributed by atoms with Crippen molar-refractivity contribution in [1.29, 1.82) is 0 Å². The van der Waals surface area contributed by atoms with Crippen LogP contribution in [-0.4, -0.2) is 30.2 Å². The monoisotopic (exact) mass is 294 g/mol. The summed E-state index contributed by atoms with van der Waals surface area (Å²) in [5.74, 6) is 0.418. The maximum Gasteiger partial charge on any atom is 0.256 e. The molecule has 1 aromatic rings. The summed E-state index contributed by atoms with van der Waals surface area (Å²) >= 11 is 0. The number of unbranched alkanes of at least 4 members (excludes halogenated alkanes) is 1. The molecule has 0 fully saturated rings. The predicted molar refractivity (Wildman–Crippen MR) is 83.7 cm³/mol. The number of pyridine rings is 1. The van der Waals surface area contributed by atoms with Gasteiger partial charge in [0.15, 0.2) is 0 Å². The van der Waals surface area contributed by atoms with Crippen LogP contribution in [0.25, 0.3) is 0 Å². The van der Waals surface area contributed by atoms with E-state index < -0.39 is 5.60 Å². The average molecular weight is 294 g/mol. The summed E-state index contributed by atoms with van der Waals surface area (Å²) in [5.41, 5.74) is 0.578. The Kier molecular flexibility index (Phi) is 6.62. The van der Waals surface area contributed by atoms with Crippen molar-refractivity contribution in [2.24, 2.45) is 0 Å². The lowest BCUT2D eigenvalue weighted by molar-refractivity contribution is -0.136. The molecular formula is C16H26N2O3. The predicted octanol–water partition coefficient (Wildman–Crippen LogP) is 3.32. The number of methoxy groups -OCH3 is 1. The Morgan fingerprint density at radius 2 is 2.10 bits per heavy atom. The van der Waals surface area contributed by atoms with Crippen LogP contribution in [0.2, 0.25) is 0 Å². The molecule has 5 nitrogen and oxygen atoms in total. The first kappa shape index (κ1) is 17.4. The molecule has 118 valence electrons. The summed E-state index contributed by atoms with van der Waals surface area (Å²) < 4.78 is 10.8. The van der Waals surface area contributed by atoms with Crippen LogP contribution in [0.4, 0.5) is 5.69 Å². The number of hydrogen-bond acceptors (Lipinski definition) is 4. The summed E-state index contributed by atoms with van der Waals surface area (Å²) in [4.78, 5) is 16.6. The largest absolute Gasteiger partial charge is 0.478 e. The van der Waals surface area contributed by atoms with Gasteiger partial charge in [-0.3, -0.25) is 4.79 Å². The lowest BCUT2D eigenvalue weighted by Gasteiger charge is -2.25. The van der Waals surface area contributed by atoms with Crippen LogP contribution in [0, 0.1) is 6.92 Å². The fourth-order valence-corrected chi connectivity index (χ4v) is 1.72. The maximum atomic E-state index is 12.2. The molecule has 0 aromatic carbocycles. The van der Waals surface area contributed by atoms with E-state index in [1.165, 1.54) is 0 Å². The fraction of sp³-hybridized carbons (Fsp3) is 0.625. The second-order valence-corrected chi connectivity index (χ2v) is 5.23. The lowest BCUT2D eigenvalue weighted by atomic mass is 10.0. The molecule has 0 aliphatic heterocycles. The van der Waals surface area contributed by atoms with E-state index >= 15 is 0 Å². The zero-order chi connectivity index (χ0) is 15.9. The van der Waals surface area contributed by atoms with Crippen molar-refractivity contribution in [2.45, 2.75) is 52.6 Å². The minimum absolute atomic E-state index is 0.169. The van der Waals surface area contributed by atoms with Gasteiger partial charge in [-0.15, -0.1) is 0 Å². The second-order valence-electron chi connectivity index (χ2n) is 5.23. The van der Waals surface area contributed by atoms with E-state index in [4.69, 9.17) is 9.47 Å². The van der Waals surface area contributed by atoms with Crippen molar-refractivity contribution in [2.75, 3.05) is 19.0 Å². The SMILES string of the molecule is CCCCOc1ccc(NC(=O)[C@](C)(CC)OC)c(C)n1. The topological polar surface area (TPSA) is 60.5 Å². The molecule has 0 aliphatic carbocycles. The molecule has 1 aromatic heterocycles. The molecular weight excluding hydrogens is 268 g/mol. The van der Waals surface area contributed by atoms with E-state index in [0.717, 1.165) is 18.5 Å². The number of nitrogens with zero attached hydrogens (tertiary/aromatic N) is 1. The first-order valence-electron chi connectivity index (χ1n) is 7.43. The number of ether oxygens (including phenoxy) is 2. The molecule has 0 radical (unpaired) electrons. The van der Waals surface area contributed by atoms with E-state index in [-0.39, 0.29) is 5.91 Å². The van der Waals surface area contributed by atoms with E-state index in [0.29, 0.717) is 24.6 Å². The van der Waals surface area contributed by atoms with Crippen LogP contribution in [0.15, 0.2) is 12.1 Å². The molecule has 0 saturated heterocycles. The number of nitrogens with one attached hydrogen (secondary N) is 1. The summed E-state index contributed by atoms with van der Waals surface area (Å²) in [6.07, 6.45) is 2.68. The lowest BCUT2D eigenvalue weighted by Crippen LogP contribution is -2.41. The molecule has 1 atom stereocenters. The second kappa shape index (κ2) is 7.98. The first-order valence-corrected chi connectivity index (χ1v) is 7.43. The Balaban J connectivity index is 2.74. The molecule has 1 rings (SSSR count). The Bertz CT molecular complexity index is 471. The number of carbonyl (C=O) groups excluding carboxylic acids is 1. The molecule has 21 heavy (non-hydrogen) atoms. The van der Waals surface area contributed by atoms with Crippen molar-refractivity contribution in [3.05, 3.63) is 17.8 Å². The molecule has 0 spiro atoms. The molecule has 0 aliphatic rings. The highest BCUT2D eigenvalue weighted by atomic mass is 16.5. The highest BCUT2D eigenvalue weighted by Gasteiger charge is 2.31. The third kappa shape index (κ3) is 4.70. The van der Waals surface area contributed by atoms with Gasteiger partial charge in [0.1, 0.15) is 5.60 Å². The van der Waals surface area contributed by atoms with Crippen LogP contribution in [0.1, 0.15) is 45.7 Å². The number of aryl methyl sites for hydroxylation is 1. The van der Waals surface area contributed by atoms with E-state index in [2.05, 4.69) is 17.2 Å². The minimum Gasteiger partial charge on any atom is -0.478 e. The molecule has 1 N–H and O–H groups in total. The van der Waals surface area contributed by atoms with Crippen LogP contribution in [-0.2, 0) is 9.53 Å². The third-order valence-corrected chi connectivity index (χ3v) is 3.66. The summed E-state index contributed by atoms with van der Waals surface area (Å²) in [6, 6.07) is 3.58. The van der Waals surface area contributed by atoms with Gasteiger partial charge in [0.2, 0.25) is 5.88 Å². The van der Waals surface area contributed by atoms with Crippen LogP contribution in [0.3, 0.4) is 0 Å². The van der Waals surface area contributed by atoms with E-state index in [1.54, 1.807) is 20.1 Å². The van der Waals surface area contributed by atoms with Crippen molar-refractivity contribution in [3.8, 4) is 5.88 Å². The van der Waals surface area contributed by atoms with Crippen molar-refractivity contribution in [3.63, 3.8) is 0 Å². The van der Waals surface area contributed by atoms with Gasteiger partial charge in [0.25, 0.3) is 5.91 Å². The van der Waals surface area contributed by atoms with Crippen LogP contribution in [0.5, 0.6) is 5.88 Å². The standard InChI is InChI=1S/C16H26N2O3/c1-6-8-11-21-14-10-9-13(12(3)17-14)18-15(19)16(4,7-2)20-5/h9-10H,6-8,11H2,1-5H3,(H,18,19)/t16-/m0/s1. The number of aromatic nitrogens is 1. The summed E-state index contributed by atoms with van der Waals surface area (Å²) in [7, 11) is 1.54. The van der Waals surface area contributed by atoms with Crippen LogP contribution >= 0.6 is 0 Å². The van der Waals surface area contributed by atoms with Gasteiger partial charge in [-0.1, -0.05) is 20.3 Å². The fourth-order valence-electron chi connectivity index (χ4n) is 1.72. The quantitative estimate of drug-likeness (QED) is 0.747. The summed E-state index contributed by atoms with van der Waals surface area (Å²) in [6.45, 7) is 8.30. The first-order chi connectivity index (χ1) is 9.96. The van der Waals surface area contributed by atoms with Crippen LogP contribution < -0.4 is 10.1 Å². The Hall–Kier alpha value is -1.62. The molecule has 0 unspecified atom stereocenters. The normalized spacial score (nSPS) is 13.6. The number of rotatable bonds is 8. The van der Waals surface area contributed by atoms with Crippen molar-refractivity contribution < 1.29 is 14.3 Å². The van der Waals surface area contributed by atoms with Crippen molar-refractivity contribution >= 4 is 11.6 Å². The Labute approximate surface area is 127 Å².